The highest BCUT2D eigenvalue weighted by Crippen LogP contribution is 2.40. The van der Waals surface area contributed by atoms with Crippen molar-refractivity contribution in [2.75, 3.05) is 0 Å². The van der Waals surface area contributed by atoms with Crippen LogP contribution >= 0.6 is 0 Å². The molecule has 0 bridgehead atoms. The molecule has 0 amide bonds. The first-order valence-corrected chi connectivity index (χ1v) is 18.0. The Balaban J connectivity index is 0.000000230. The van der Waals surface area contributed by atoms with E-state index in [0.717, 1.165) is 30.0 Å². The molecule has 7 rings (SSSR count). The van der Waals surface area contributed by atoms with Gasteiger partial charge >= 0.3 is 0 Å². The van der Waals surface area contributed by atoms with Crippen LogP contribution in [0, 0.1) is 5.92 Å². The van der Waals surface area contributed by atoms with E-state index in [1.165, 1.54) is 73.6 Å². The second-order valence-corrected chi connectivity index (χ2v) is 12.0. The van der Waals surface area contributed by atoms with Gasteiger partial charge in [-0.1, -0.05) is 144 Å². The highest BCUT2D eigenvalue weighted by molar-refractivity contribution is 6.11. The fraction of sp³-hybridized carbons (Fsp3) is 0.234. The van der Waals surface area contributed by atoms with Gasteiger partial charge in [-0.3, -0.25) is 0 Å². The van der Waals surface area contributed by atoms with Gasteiger partial charge in [0.1, 0.15) is 0 Å². The van der Waals surface area contributed by atoms with E-state index in [0.29, 0.717) is 0 Å². The van der Waals surface area contributed by atoms with Gasteiger partial charge < -0.3 is 10.3 Å². The summed E-state index contributed by atoms with van der Waals surface area (Å²) >= 11 is 0. The lowest BCUT2D eigenvalue weighted by Crippen LogP contribution is -2.12. The van der Waals surface area contributed by atoms with E-state index in [1.54, 1.807) is 6.20 Å². The molecule has 4 aromatic rings. The van der Waals surface area contributed by atoms with Crippen LogP contribution in [0.15, 0.2) is 157 Å². The first-order valence-electron chi connectivity index (χ1n) is 18.0. The molecule has 2 nitrogen and oxygen atoms in total. The van der Waals surface area contributed by atoms with Crippen LogP contribution in [0.4, 0.5) is 0 Å². The summed E-state index contributed by atoms with van der Waals surface area (Å²) in [5.74, 6) is 0.719. The van der Waals surface area contributed by atoms with Gasteiger partial charge in [0.2, 0.25) is 0 Å². The highest BCUT2D eigenvalue weighted by atomic mass is 15.0. The van der Waals surface area contributed by atoms with Crippen molar-refractivity contribution in [3.05, 3.63) is 168 Å². The van der Waals surface area contributed by atoms with Crippen LogP contribution in [0.25, 0.3) is 44.6 Å². The zero-order valence-electron chi connectivity index (χ0n) is 30.5. The zero-order valence-corrected chi connectivity index (χ0v) is 30.5. The van der Waals surface area contributed by atoms with Crippen molar-refractivity contribution in [2.45, 2.75) is 67.2 Å². The van der Waals surface area contributed by atoms with E-state index in [2.05, 4.69) is 141 Å². The molecule has 0 spiro atoms. The summed E-state index contributed by atoms with van der Waals surface area (Å²) in [6, 6.07) is 21.9. The summed E-state index contributed by atoms with van der Waals surface area (Å²) < 4.78 is 2.39. The van der Waals surface area contributed by atoms with E-state index >= 15 is 0 Å². The van der Waals surface area contributed by atoms with Gasteiger partial charge in [-0.25, -0.2) is 0 Å². The van der Waals surface area contributed by atoms with Crippen molar-refractivity contribution in [3.8, 4) is 11.1 Å². The summed E-state index contributed by atoms with van der Waals surface area (Å²) in [5, 5.41) is 3.88. The van der Waals surface area contributed by atoms with E-state index in [-0.39, 0.29) is 0 Å². The number of aromatic nitrogens is 1. The van der Waals surface area contributed by atoms with Crippen LogP contribution in [0.3, 0.4) is 0 Å². The Morgan fingerprint density at radius 2 is 1.67 bits per heavy atom. The number of hydrogen-bond donors (Lipinski definition) is 1. The minimum absolute atomic E-state index is 0.719. The maximum atomic E-state index is 5.60. The third kappa shape index (κ3) is 7.98. The molecule has 0 radical (unpaired) electrons. The van der Waals surface area contributed by atoms with Gasteiger partial charge in [0.15, 0.2) is 0 Å². The summed E-state index contributed by atoms with van der Waals surface area (Å²) in [6.07, 6.45) is 27.7. The van der Waals surface area contributed by atoms with Gasteiger partial charge in [-0.15, -0.1) is 0 Å². The highest BCUT2D eigenvalue weighted by Gasteiger charge is 2.22. The Morgan fingerprint density at radius 1 is 0.918 bits per heavy atom. The maximum Gasteiger partial charge on any atom is 0.0616 e. The number of nitrogens with two attached hydrogens (primary N) is 1. The molecule has 0 saturated carbocycles. The Labute approximate surface area is 295 Å². The molecule has 1 aromatic heterocycles. The predicted molar refractivity (Wildman–Crippen MR) is 219 cm³/mol. The second-order valence-electron chi connectivity index (χ2n) is 12.0. The van der Waals surface area contributed by atoms with Gasteiger partial charge in [0, 0.05) is 22.7 Å². The SMILES string of the molecule is C=C/C(=C\N)C1=CC2=CC(C)=CCC2CC1.C=C/C=C(\C=C/C)n1c2c(c3ccc4cc(-c5ccccc5)ccc4c31)CC=C2.CC.CC. The molecule has 2 heteroatoms. The lowest BCUT2D eigenvalue weighted by atomic mass is 9.78. The van der Waals surface area contributed by atoms with Crippen LogP contribution in [0.5, 0.6) is 0 Å². The average molecular weight is 647 g/mol. The predicted octanol–water partition coefficient (Wildman–Crippen LogP) is 13.3. The van der Waals surface area contributed by atoms with Crippen molar-refractivity contribution in [1.82, 2.24) is 4.57 Å². The quantitative estimate of drug-likeness (QED) is 0.208. The molecule has 1 unspecified atom stereocenters. The second kappa shape index (κ2) is 17.9. The standard InChI is InChI=1S/C28H23N.C15H19N.2C2H6/c1-3-9-23(10-4-2)29-27-14-8-13-25(27)26-18-16-22-19-21(15-17-24(22)28(26)29)20-11-6-5-7-12-20;1-3-12(10-16)14-7-6-13-5-4-11(2)8-15(13)9-14;2*1-2/h3-12,14-19H,1,13H2,2H3;3-4,8-10,13H,1,5-7,16H2,2H3;2*1-2H3/b10-4-,23-9+;12-10+;;. The normalized spacial score (nSPS) is 16.5. The van der Waals surface area contributed by atoms with E-state index in [1.807, 2.05) is 39.8 Å². The van der Waals surface area contributed by atoms with Crippen LogP contribution in [0.2, 0.25) is 0 Å². The Morgan fingerprint density at radius 3 is 2.37 bits per heavy atom. The van der Waals surface area contributed by atoms with Gasteiger partial charge in [-0.2, -0.15) is 0 Å². The van der Waals surface area contributed by atoms with Crippen LogP contribution < -0.4 is 5.73 Å². The fourth-order valence-electron chi connectivity index (χ4n) is 6.93. The number of allylic oxidation sites excluding steroid dienone is 14. The minimum atomic E-state index is 0.719. The number of fused-ring (bicyclic) bond motifs is 6. The molecular formula is C47H54N2. The monoisotopic (exact) mass is 646 g/mol. The molecule has 0 aliphatic heterocycles. The lowest BCUT2D eigenvalue weighted by molar-refractivity contribution is 0.553. The van der Waals surface area contributed by atoms with Crippen molar-refractivity contribution in [1.29, 1.82) is 0 Å². The first-order chi connectivity index (χ1) is 24.1. The van der Waals surface area contributed by atoms with Crippen LogP contribution in [0.1, 0.15) is 72.1 Å². The molecular weight excluding hydrogens is 593 g/mol. The van der Waals surface area contributed by atoms with E-state index in [4.69, 9.17) is 5.73 Å². The number of rotatable bonds is 6. The molecule has 1 heterocycles. The molecule has 49 heavy (non-hydrogen) atoms. The summed E-state index contributed by atoms with van der Waals surface area (Å²) in [6.45, 7) is 20.0. The average Bonchev–Trinajstić information content (AvgIpc) is 3.75. The molecule has 3 aliphatic carbocycles. The van der Waals surface area contributed by atoms with Crippen LogP contribution in [-0.4, -0.2) is 4.57 Å². The summed E-state index contributed by atoms with van der Waals surface area (Å²) in [7, 11) is 0. The Bertz CT molecular complexity index is 2000. The smallest absolute Gasteiger partial charge is 0.0616 e. The molecule has 252 valence electrons. The minimum Gasteiger partial charge on any atom is -0.404 e. The van der Waals surface area contributed by atoms with Crippen molar-refractivity contribution in [3.63, 3.8) is 0 Å². The van der Waals surface area contributed by atoms with Gasteiger partial charge in [0.25, 0.3) is 0 Å². The number of benzene rings is 3. The Kier molecular flexibility index (Phi) is 13.4. The van der Waals surface area contributed by atoms with Crippen molar-refractivity contribution >= 4 is 33.4 Å². The molecule has 0 saturated heterocycles. The topological polar surface area (TPSA) is 30.9 Å². The molecule has 2 N–H and O–H groups in total. The van der Waals surface area contributed by atoms with E-state index in [9.17, 15) is 0 Å². The third-order valence-corrected chi connectivity index (χ3v) is 9.14. The number of nitrogens with zero attached hydrogens (tertiary/aromatic N) is 1. The fourth-order valence-corrected chi connectivity index (χ4v) is 6.93. The largest absolute Gasteiger partial charge is 0.404 e. The third-order valence-electron chi connectivity index (χ3n) is 9.14. The molecule has 0 fully saturated rings. The molecule has 1 atom stereocenters. The molecule has 3 aromatic carbocycles. The van der Waals surface area contributed by atoms with Gasteiger partial charge in [0.05, 0.1) is 11.2 Å². The van der Waals surface area contributed by atoms with Crippen LogP contribution in [-0.2, 0) is 6.42 Å². The summed E-state index contributed by atoms with van der Waals surface area (Å²) in [5.41, 5.74) is 18.5. The zero-order chi connectivity index (χ0) is 35.3. The maximum absolute atomic E-state index is 5.60. The van der Waals surface area contributed by atoms with Crippen molar-refractivity contribution < 1.29 is 0 Å². The summed E-state index contributed by atoms with van der Waals surface area (Å²) in [4.78, 5) is 0. The number of hydrogen-bond acceptors (Lipinski definition) is 1. The Hall–Kier alpha value is -5.08. The first kappa shape index (κ1) is 36.8. The van der Waals surface area contributed by atoms with Gasteiger partial charge in [-0.05, 0) is 109 Å². The molecule has 3 aliphatic rings. The van der Waals surface area contributed by atoms with Crippen molar-refractivity contribution in [2.24, 2.45) is 11.7 Å². The van der Waals surface area contributed by atoms with E-state index < -0.39 is 0 Å². The lowest BCUT2D eigenvalue weighted by Gasteiger charge is -2.27.